The molecule has 1 amide bonds. The van der Waals surface area contributed by atoms with Crippen LogP contribution in [0, 0.1) is 11.6 Å². The maximum atomic E-state index is 13.2. The Morgan fingerprint density at radius 1 is 1.44 bits per heavy atom. The van der Waals surface area contributed by atoms with Crippen molar-refractivity contribution in [1.82, 2.24) is 5.01 Å². The lowest BCUT2D eigenvalue weighted by atomic mass is 10.1. The molecule has 86 valence electrons. The fraction of sp³-hybridized carbons (Fsp3) is 0.111. The van der Waals surface area contributed by atoms with Crippen LogP contribution in [0.2, 0.25) is 0 Å². The topological polar surface area (TPSA) is 72.3 Å². The highest BCUT2D eigenvalue weighted by Crippen LogP contribution is 2.10. The molecule has 0 unspecified atom stereocenters. The Morgan fingerprint density at radius 3 is 2.62 bits per heavy atom. The Hall–Kier alpha value is -1.60. The molecule has 0 aromatic heterocycles. The van der Waals surface area contributed by atoms with E-state index in [9.17, 15) is 13.6 Å². The minimum Gasteiger partial charge on any atom is -0.375 e. The van der Waals surface area contributed by atoms with Gasteiger partial charge in [-0.05, 0) is 30.4 Å². The smallest absolute Gasteiger partial charge is 0.247 e. The van der Waals surface area contributed by atoms with Crippen molar-refractivity contribution < 1.29 is 13.6 Å². The number of benzene rings is 1. The second-order valence-corrected chi connectivity index (χ2v) is 3.43. The number of hydrogen-bond acceptors (Lipinski definition) is 3. The number of nitrogens with two attached hydrogens (primary N) is 2. The average molecular weight is 245 g/mol. The third-order valence-corrected chi connectivity index (χ3v) is 2.05. The molecule has 0 spiro atoms. The van der Waals surface area contributed by atoms with Crippen LogP contribution in [0.4, 0.5) is 8.78 Å². The van der Waals surface area contributed by atoms with Gasteiger partial charge in [-0.2, -0.15) is 0 Å². The first-order valence-corrected chi connectivity index (χ1v) is 4.63. The van der Waals surface area contributed by atoms with Crippen molar-refractivity contribution in [2.75, 3.05) is 0 Å². The highest BCUT2D eigenvalue weighted by Gasteiger charge is 2.15. The van der Waals surface area contributed by atoms with E-state index in [1.54, 1.807) is 0 Å². The maximum Gasteiger partial charge on any atom is 0.247 e. The van der Waals surface area contributed by atoms with E-state index in [0.717, 1.165) is 18.2 Å². The summed E-state index contributed by atoms with van der Waals surface area (Å²) in [6.45, 7) is 0. The summed E-state index contributed by atoms with van der Waals surface area (Å²) in [5, 5.41) is 0.182. The normalized spacial score (nSPS) is 9.94. The number of hydrazine groups is 1. The van der Waals surface area contributed by atoms with Crippen molar-refractivity contribution >= 4 is 23.2 Å². The van der Waals surface area contributed by atoms with Gasteiger partial charge in [0, 0.05) is 5.56 Å². The molecule has 0 atom stereocenters. The minimum atomic E-state index is -0.711. The molecule has 0 saturated heterocycles. The molecule has 4 N–H and O–H groups in total. The highest BCUT2D eigenvalue weighted by molar-refractivity contribution is 7.80. The lowest BCUT2D eigenvalue weighted by molar-refractivity contribution is -0.126. The summed E-state index contributed by atoms with van der Waals surface area (Å²) in [6.07, 6.45) is -0.405. The van der Waals surface area contributed by atoms with Gasteiger partial charge in [-0.15, -0.1) is 0 Å². The lowest BCUT2D eigenvalue weighted by Gasteiger charge is -2.14. The molecule has 16 heavy (non-hydrogen) atoms. The zero-order valence-electron chi connectivity index (χ0n) is 8.11. The monoisotopic (exact) mass is 245 g/mol. The van der Waals surface area contributed by atoms with Gasteiger partial charge in [-0.25, -0.2) is 19.6 Å². The van der Waals surface area contributed by atoms with Gasteiger partial charge in [-0.1, -0.05) is 0 Å². The van der Waals surface area contributed by atoms with Crippen molar-refractivity contribution in [2.24, 2.45) is 11.6 Å². The van der Waals surface area contributed by atoms with Crippen LogP contribution in [0.1, 0.15) is 5.56 Å². The summed E-state index contributed by atoms with van der Waals surface area (Å²) < 4.78 is 25.9. The zero-order chi connectivity index (χ0) is 12.3. The predicted molar refractivity (Wildman–Crippen MR) is 57.9 cm³/mol. The molecular weight excluding hydrogens is 236 g/mol. The maximum absolute atomic E-state index is 13.2. The third-order valence-electron chi connectivity index (χ3n) is 1.86. The quantitative estimate of drug-likeness (QED) is 0.343. The van der Waals surface area contributed by atoms with E-state index in [4.69, 9.17) is 11.6 Å². The second kappa shape index (κ2) is 4.95. The molecule has 0 aliphatic heterocycles. The van der Waals surface area contributed by atoms with Crippen LogP contribution in [0.15, 0.2) is 18.2 Å². The Balaban J connectivity index is 2.84. The number of carbonyl (C=O) groups is 1. The van der Waals surface area contributed by atoms with Gasteiger partial charge in [0.1, 0.15) is 11.6 Å². The van der Waals surface area contributed by atoms with E-state index < -0.39 is 24.0 Å². The molecule has 0 fully saturated rings. The molecule has 1 rings (SSSR count). The zero-order valence-corrected chi connectivity index (χ0v) is 8.93. The van der Waals surface area contributed by atoms with Gasteiger partial charge in [0.25, 0.3) is 0 Å². The fourth-order valence-corrected chi connectivity index (χ4v) is 1.15. The van der Waals surface area contributed by atoms with Gasteiger partial charge >= 0.3 is 0 Å². The van der Waals surface area contributed by atoms with Crippen LogP contribution in [0.25, 0.3) is 0 Å². The van der Waals surface area contributed by atoms with Crippen LogP contribution in [-0.2, 0) is 11.2 Å². The summed E-state index contributed by atoms with van der Waals surface area (Å²) in [5.41, 5.74) is 5.00. The number of carbonyl (C=O) groups excluding carboxylic acids is 1. The number of rotatable bonds is 2. The Morgan fingerprint density at radius 2 is 2.06 bits per heavy atom. The van der Waals surface area contributed by atoms with E-state index in [1.807, 2.05) is 0 Å². The summed E-state index contributed by atoms with van der Waals surface area (Å²) in [5.74, 6) is 3.16. The molecule has 1 aromatic carbocycles. The number of hydrogen-bond donors (Lipinski definition) is 2. The first kappa shape index (κ1) is 12.5. The Kier molecular flexibility index (Phi) is 3.86. The predicted octanol–water partition coefficient (Wildman–Crippen LogP) is 0.453. The van der Waals surface area contributed by atoms with E-state index in [2.05, 4.69) is 12.2 Å². The van der Waals surface area contributed by atoms with Crippen LogP contribution in [0.5, 0.6) is 0 Å². The number of thiocarbonyl (C=S) groups is 1. The van der Waals surface area contributed by atoms with Crippen molar-refractivity contribution in [2.45, 2.75) is 6.42 Å². The first-order chi connectivity index (χ1) is 7.41. The van der Waals surface area contributed by atoms with Gasteiger partial charge in [-0.3, -0.25) is 4.79 Å². The Labute approximate surface area is 95.8 Å². The molecule has 0 aliphatic rings. The molecule has 4 nitrogen and oxygen atoms in total. The average Bonchev–Trinajstić information content (AvgIpc) is 2.22. The van der Waals surface area contributed by atoms with E-state index in [1.165, 1.54) is 0 Å². The molecular formula is C9H9F2N3OS. The number of halogens is 2. The van der Waals surface area contributed by atoms with Crippen LogP contribution >= 0.6 is 12.2 Å². The molecule has 0 saturated carbocycles. The van der Waals surface area contributed by atoms with Gasteiger partial charge < -0.3 is 5.73 Å². The van der Waals surface area contributed by atoms with Crippen LogP contribution < -0.4 is 11.6 Å². The summed E-state index contributed by atoms with van der Waals surface area (Å²) >= 11 is 4.46. The largest absolute Gasteiger partial charge is 0.375 e. The van der Waals surface area contributed by atoms with Crippen molar-refractivity contribution in [3.05, 3.63) is 35.4 Å². The third kappa shape index (κ3) is 2.94. The second-order valence-electron chi connectivity index (χ2n) is 3.01. The summed E-state index contributed by atoms with van der Waals surface area (Å²) in [4.78, 5) is 11.4. The molecule has 0 heterocycles. The van der Waals surface area contributed by atoms with Crippen molar-refractivity contribution in [1.29, 1.82) is 0 Å². The first-order valence-electron chi connectivity index (χ1n) is 4.23. The van der Waals surface area contributed by atoms with Crippen LogP contribution in [0.3, 0.4) is 0 Å². The SMILES string of the molecule is NC(=S)N(N)C(=O)Cc1cc(F)ccc1F. The standard InChI is InChI=1S/C9H9F2N3OS/c10-6-1-2-7(11)5(3-6)4-8(15)14(13)9(12)16/h1-3H,4,13H2,(H2,12,16). The van der Waals surface area contributed by atoms with Gasteiger partial charge in [0.2, 0.25) is 5.91 Å². The summed E-state index contributed by atoms with van der Waals surface area (Å²) in [6, 6.07) is 2.80. The number of amides is 1. The Bertz CT molecular complexity index is 439. The minimum absolute atomic E-state index is 0.100. The number of nitrogens with zero attached hydrogens (tertiary/aromatic N) is 1. The molecule has 1 aromatic rings. The highest BCUT2D eigenvalue weighted by atomic mass is 32.1. The van der Waals surface area contributed by atoms with Gasteiger partial charge in [0.15, 0.2) is 5.11 Å². The van der Waals surface area contributed by atoms with E-state index >= 15 is 0 Å². The molecule has 0 aliphatic carbocycles. The van der Waals surface area contributed by atoms with E-state index in [-0.39, 0.29) is 10.7 Å². The molecule has 0 bridgehead atoms. The fourth-order valence-electron chi connectivity index (χ4n) is 1.05. The summed E-state index contributed by atoms with van der Waals surface area (Å²) in [7, 11) is 0. The van der Waals surface area contributed by atoms with Crippen molar-refractivity contribution in [3.8, 4) is 0 Å². The van der Waals surface area contributed by atoms with E-state index in [0.29, 0.717) is 5.01 Å². The lowest BCUT2D eigenvalue weighted by Crippen LogP contribution is -2.46. The van der Waals surface area contributed by atoms with Crippen LogP contribution in [-0.4, -0.2) is 16.0 Å². The molecule has 0 radical (unpaired) electrons. The molecule has 7 heteroatoms. The van der Waals surface area contributed by atoms with Gasteiger partial charge in [0.05, 0.1) is 6.42 Å². The van der Waals surface area contributed by atoms with Crippen molar-refractivity contribution in [3.63, 3.8) is 0 Å².